The van der Waals surface area contributed by atoms with Gasteiger partial charge in [-0.2, -0.15) is 0 Å². The van der Waals surface area contributed by atoms with Crippen LogP contribution in [0.1, 0.15) is 12.0 Å². The lowest BCUT2D eigenvalue weighted by Crippen LogP contribution is -2.44. The Balaban J connectivity index is 2.34. The number of nitrogens with zero attached hydrogens (tertiary/aromatic N) is 1. The standard InChI is InChI=1S/C13H15NO6S/c1-20-12(15)6-7-21(18,19)14-10-5-3-2-4-9(10)8-11(14)13(16)17/h2-5,11H,6-8H2,1H3,(H,16,17). The van der Waals surface area contributed by atoms with E-state index in [1.165, 1.54) is 7.11 Å². The Morgan fingerprint density at radius 1 is 1.38 bits per heavy atom. The number of benzene rings is 1. The molecule has 0 aliphatic carbocycles. The molecule has 1 N–H and O–H groups in total. The van der Waals surface area contributed by atoms with E-state index >= 15 is 0 Å². The summed E-state index contributed by atoms with van der Waals surface area (Å²) in [5.41, 5.74) is 1.02. The third-order valence-corrected chi connectivity index (χ3v) is 5.07. The molecule has 2 rings (SSSR count). The van der Waals surface area contributed by atoms with Gasteiger partial charge in [-0.05, 0) is 11.6 Å². The highest BCUT2D eigenvalue weighted by atomic mass is 32.2. The molecule has 0 saturated carbocycles. The summed E-state index contributed by atoms with van der Waals surface area (Å²) in [5, 5.41) is 9.24. The molecule has 0 amide bonds. The number of esters is 1. The van der Waals surface area contributed by atoms with Crippen LogP contribution in [0, 0.1) is 0 Å². The van der Waals surface area contributed by atoms with E-state index in [0.717, 1.165) is 4.31 Å². The molecule has 0 aromatic heterocycles. The lowest BCUT2D eigenvalue weighted by molar-refractivity contribution is -0.140. The zero-order valence-electron chi connectivity index (χ0n) is 11.4. The molecule has 1 aromatic rings. The second kappa shape index (κ2) is 5.72. The zero-order valence-corrected chi connectivity index (χ0v) is 12.2. The fourth-order valence-corrected chi connectivity index (χ4v) is 3.95. The molecule has 0 saturated heterocycles. The Morgan fingerprint density at radius 2 is 2.05 bits per heavy atom. The Kier molecular flexibility index (Phi) is 4.17. The number of hydrogen-bond acceptors (Lipinski definition) is 5. The fraction of sp³-hybridized carbons (Fsp3) is 0.385. The van der Waals surface area contributed by atoms with Crippen molar-refractivity contribution < 1.29 is 27.9 Å². The summed E-state index contributed by atoms with van der Waals surface area (Å²) in [7, 11) is -2.75. The monoisotopic (exact) mass is 313 g/mol. The molecule has 7 nitrogen and oxygen atoms in total. The molecule has 21 heavy (non-hydrogen) atoms. The van der Waals surface area contributed by atoms with Gasteiger partial charge < -0.3 is 9.84 Å². The van der Waals surface area contributed by atoms with Gasteiger partial charge in [0.1, 0.15) is 6.04 Å². The van der Waals surface area contributed by atoms with Crippen LogP contribution in [0.3, 0.4) is 0 Å². The predicted octanol–water partition coefficient (Wildman–Crippen LogP) is 0.395. The molecule has 1 aliphatic heterocycles. The van der Waals surface area contributed by atoms with Crippen LogP contribution in [0.5, 0.6) is 0 Å². The zero-order chi connectivity index (χ0) is 15.6. The van der Waals surface area contributed by atoms with E-state index in [-0.39, 0.29) is 12.8 Å². The summed E-state index contributed by atoms with van der Waals surface area (Å²) < 4.78 is 30.1. The van der Waals surface area contributed by atoms with Gasteiger partial charge in [-0.3, -0.25) is 9.10 Å². The van der Waals surface area contributed by atoms with Crippen LogP contribution >= 0.6 is 0 Å². The molecule has 114 valence electrons. The number of methoxy groups -OCH3 is 1. The number of rotatable bonds is 5. The van der Waals surface area contributed by atoms with Gasteiger partial charge in [-0.15, -0.1) is 0 Å². The second-order valence-corrected chi connectivity index (χ2v) is 6.59. The maximum Gasteiger partial charge on any atom is 0.327 e. The van der Waals surface area contributed by atoms with Crippen LogP contribution in [-0.2, 0) is 30.8 Å². The van der Waals surface area contributed by atoms with Gasteiger partial charge in [-0.25, -0.2) is 13.2 Å². The molecule has 0 bridgehead atoms. The number of aliphatic carboxylic acids is 1. The van der Waals surface area contributed by atoms with E-state index in [0.29, 0.717) is 11.3 Å². The molecule has 1 unspecified atom stereocenters. The highest BCUT2D eigenvalue weighted by molar-refractivity contribution is 7.92. The number of sulfonamides is 1. The van der Waals surface area contributed by atoms with Gasteiger partial charge >= 0.3 is 11.9 Å². The summed E-state index contributed by atoms with van der Waals surface area (Å²) in [5.74, 6) is -2.36. The first-order valence-electron chi connectivity index (χ1n) is 6.26. The van der Waals surface area contributed by atoms with Crippen LogP contribution in [0.4, 0.5) is 5.69 Å². The average Bonchev–Trinajstić information content (AvgIpc) is 2.85. The molecular weight excluding hydrogens is 298 g/mol. The second-order valence-electron chi connectivity index (χ2n) is 4.62. The smallest absolute Gasteiger partial charge is 0.327 e. The number of carbonyl (C=O) groups excluding carboxylic acids is 1. The lowest BCUT2D eigenvalue weighted by Gasteiger charge is -2.24. The topological polar surface area (TPSA) is 101 Å². The molecule has 1 heterocycles. The van der Waals surface area contributed by atoms with Crippen molar-refractivity contribution in [1.82, 2.24) is 0 Å². The third kappa shape index (κ3) is 2.99. The van der Waals surface area contributed by atoms with E-state index in [4.69, 9.17) is 0 Å². The molecule has 8 heteroatoms. The first-order valence-corrected chi connectivity index (χ1v) is 7.87. The Morgan fingerprint density at radius 3 is 2.67 bits per heavy atom. The van der Waals surface area contributed by atoms with Crippen molar-refractivity contribution in [3.63, 3.8) is 0 Å². The number of carboxylic acids is 1. The number of hydrogen-bond donors (Lipinski definition) is 1. The number of carboxylic acid groups (broad SMARTS) is 1. The van der Waals surface area contributed by atoms with E-state index in [2.05, 4.69) is 4.74 Å². The van der Waals surface area contributed by atoms with E-state index in [1.807, 2.05) is 0 Å². The van der Waals surface area contributed by atoms with Gasteiger partial charge in [-0.1, -0.05) is 18.2 Å². The number of fused-ring (bicyclic) bond motifs is 1. The largest absolute Gasteiger partial charge is 0.480 e. The van der Waals surface area contributed by atoms with Crippen LogP contribution < -0.4 is 4.31 Å². The van der Waals surface area contributed by atoms with Crippen molar-refractivity contribution in [2.45, 2.75) is 18.9 Å². The van der Waals surface area contributed by atoms with Crippen molar-refractivity contribution in [2.24, 2.45) is 0 Å². The summed E-state index contributed by atoms with van der Waals surface area (Å²) in [4.78, 5) is 22.4. The van der Waals surface area contributed by atoms with Crippen molar-refractivity contribution in [2.75, 3.05) is 17.2 Å². The van der Waals surface area contributed by atoms with Gasteiger partial charge in [0.25, 0.3) is 0 Å². The van der Waals surface area contributed by atoms with Crippen molar-refractivity contribution >= 4 is 27.6 Å². The molecule has 1 aromatic carbocycles. The minimum atomic E-state index is -3.92. The fourth-order valence-electron chi connectivity index (χ4n) is 2.30. The summed E-state index contributed by atoms with van der Waals surface area (Å²) in [6.45, 7) is 0. The molecule has 0 radical (unpaired) electrons. The minimum Gasteiger partial charge on any atom is -0.480 e. The van der Waals surface area contributed by atoms with Gasteiger partial charge in [0, 0.05) is 6.42 Å². The van der Waals surface area contributed by atoms with Crippen LogP contribution in [0.15, 0.2) is 24.3 Å². The number of ether oxygens (including phenoxy) is 1. The van der Waals surface area contributed by atoms with Gasteiger partial charge in [0.05, 0.1) is 25.0 Å². The maximum absolute atomic E-state index is 12.4. The molecule has 1 aliphatic rings. The highest BCUT2D eigenvalue weighted by Crippen LogP contribution is 2.34. The van der Waals surface area contributed by atoms with Gasteiger partial charge in [0.15, 0.2) is 0 Å². The summed E-state index contributed by atoms with van der Waals surface area (Å²) in [6, 6.07) is 5.45. The molecule has 1 atom stereocenters. The van der Waals surface area contributed by atoms with Crippen LogP contribution in [-0.4, -0.2) is 44.4 Å². The quantitative estimate of drug-likeness (QED) is 0.789. The Bertz CT molecular complexity index is 669. The molecular formula is C13H15NO6S. The van der Waals surface area contributed by atoms with Gasteiger partial charge in [0.2, 0.25) is 10.0 Å². The maximum atomic E-state index is 12.4. The molecule has 0 spiro atoms. The number of para-hydroxylation sites is 1. The highest BCUT2D eigenvalue weighted by Gasteiger charge is 2.41. The van der Waals surface area contributed by atoms with E-state index < -0.39 is 33.8 Å². The normalized spacial score (nSPS) is 17.4. The average molecular weight is 313 g/mol. The van der Waals surface area contributed by atoms with Crippen LogP contribution in [0.2, 0.25) is 0 Å². The Hall–Kier alpha value is -2.09. The van der Waals surface area contributed by atoms with Crippen molar-refractivity contribution in [3.05, 3.63) is 29.8 Å². The number of carbonyl (C=O) groups is 2. The predicted molar refractivity (Wildman–Crippen MR) is 74.5 cm³/mol. The first-order chi connectivity index (χ1) is 9.86. The molecule has 0 fully saturated rings. The SMILES string of the molecule is COC(=O)CCS(=O)(=O)N1c2ccccc2CC1C(=O)O. The van der Waals surface area contributed by atoms with Crippen LogP contribution in [0.25, 0.3) is 0 Å². The first kappa shape index (κ1) is 15.3. The Labute approximate surface area is 122 Å². The number of anilines is 1. The van der Waals surface area contributed by atoms with E-state index in [1.54, 1.807) is 24.3 Å². The van der Waals surface area contributed by atoms with Crippen molar-refractivity contribution in [3.8, 4) is 0 Å². The minimum absolute atomic E-state index is 0.114. The third-order valence-electron chi connectivity index (χ3n) is 3.30. The van der Waals surface area contributed by atoms with Crippen molar-refractivity contribution in [1.29, 1.82) is 0 Å². The lowest BCUT2D eigenvalue weighted by atomic mass is 10.1. The van der Waals surface area contributed by atoms with E-state index in [9.17, 15) is 23.1 Å². The summed E-state index contributed by atoms with van der Waals surface area (Å²) >= 11 is 0. The summed E-state index contributed by atoms with van der Waals surface area (Å²) in [6.07, 6.45) is -0.202.